The van der Waals surface area contributed by atoms with E-state index in [2.05, 4.69) is 64.2 Å². The lowest BCUT2D eigenvalue weighted by molar-refractivity contribution is -0.969. The van der Waals surface area contributed by atoms with Crippen LogP contribution in [-0.4, -0.2) is 20.5 Å². The molecule has 6 heteroatoms. The molecule has 5 nitrogen and oxygen atoms in total. The van der Waals surface area contributed by atoms with Crippen molar-refractivity contribution in [3.63, 3.8) is 0 Å². The maximum Gasteiger partial charge on any atom is 0.472 e. The maximum atomic E-state index is 8.47. The van der Waals surface area contributed by atoms with E-state index in [0.29, 0.717) is 0 Å². The SMILES string of the molecule is Cc1nc2ccc(Br)cc2c2ccccc12.O=[N+](O)O. The van der Waals surface area contributed by atoms with Gasteiger partial charge in [-0.3, -0.25) is 4.98 Å². The molecular formula is C14H12BrN2O3+. The summed E-state index contributed by atoms with van der Waals surface area (Å²) in [6.45, 7) is 2.06. The van der Waals surface area contributed by atoms with Crippen LogP contribution < -0.4 is 0 Å². The molecule has 0 aliphatic heterocycles. The van der Waals surface area contributed by atoms with E-state index in [1.54, 1.807) is 0 Å². The Kier molecular flexibility index (Phi) is 4.14. The third kappa shape index (κ3) is 3.03. The summed E-state index contributed by atoms with van der Waals surface area (Å²) >= 11 is 3.51. The summed E-state index contributed by atoms with van der Waals surface area (Å²) in [5, 5.41) is 16.2. The van der Waals surface area contributed by atoms with Crippen molar-refractivity contribution < 1.29 is 15.5 Å². The lowest BCUT2D eigenvalue weighted by atomic mass is 10.0. The molecule has 3 aromatic rings. The summed E-state index contributed by atoms with van der Waals surface area (Å²) in [7, 11) is 0. The molecule has 0 unspecified atom stereocenters. The van der Waals surface area contributed by atoms with Crippen LogP contribution in [0.25, 0.3) is 21.7 Å². The van der Waals surface area contributed by atoms with Gasteiger partial charge in [0.05, 0.1) is 5.52 Å². The van der Waals surface area contributed by atoms with Gasteiger partial charge in [-0.2, -0.15) is 0 Å². The van der Waals surface area contributed by atoms with Crippen molar-refractivity contribution in [1.29, 1.82) is 0 Å². The van der Waals surface area contributed by atoms with Crippen LogP contribution in [0, 0.1) is 11.8 Å². The van der Waals surface area contributed by atoms with E-state index < -0.39 is 5.09 Å². The van der Waals surface area contributed by atoms with Crippen LogP contribution in [0.15, 0.2) is 46.9 Å². The molecular weight excluding hydrogens is 324 g/mol. The van der Waals surface area contributed by atoms with Gasteiger partial charge in [0, 0.05) is 20.9 Å². The van der Waals surface area contributed by atoms with Crippen molar-refractivity contribution in [1.82, 2.24) is 4.98 Å². The lowest BCUT2D eigenvalue weighted by Gasteiger charge is -2.06. The molecule has 0 atom stereocenters. The van der Waals surface area contributed by atoms with Gasteiger partial charge in [-0.25, -0.2) is 10.4 Å². The highest BCUT2D eigenvalue weighted by molar-refractivity contribution is 9.10. The van der Waals surface area contributed by atoms with Crippen molar-refractivity contribution in [2.75, 3.05) is 0 Å². The zero-order valence-corrected chi connectivity index (χ0v) is 12.2. The molecule has 0 aliphatic rings. The number of aromatic nitrogens is 1. The van der Waals surface area contributed by atoms with Crippen molar-refractivity contribution in [2.24, 2.45) is 0 Å². The Labute approximate surface area is 123 Å². The first-order valence-corrected chi connectivity index (χ1v) is 6.58. The van der Waals surface area contributed by atoms with Crippen molar-refractivity contribution >= 4 is 37.6 Å². The van der Waals surface area contributed by atoms with Gasteiger partial charge >= 0.3 is 5.09 Å². The first-order valence-electron chi connectivity index (χ1n) is 5.78. The summed E-state index contributed by atoms with van der Waals surface area (Å²) in [5.41, 5.74) is 2.14. The third-order valence-corrected chi connectivity index (χ3v) is 3.35. The molecule has 2 N–H and O–H groups in total. The highest BCUT2D eigenvalue weighted by atomic mass is 79.9. The van der Waals surface area contributed by atoms with E-state index in [9.17, 15) is 0 Å². The molecule has 0 aliphatic carbocycles. The number of hydrogen-bond donors (Lipinski definition) is 2. The van der Waals surface area contributed by atoms with Crippen LogP contribution in [0.3, 0.4) is 0 Å². The number of halogens is 1. The van der Waals surface area contributed by atoms with E-state index in [1.165, 1.54) is 16.2 Å². The smallest absolute Gasteiger partial charge is 0.252 e. The molecule has 0 saturated heterocycles. The molecule has 1 aromatic heterocycles. The van der Waals surface area contributed by atoms with Gasteiger partial charge < -0.3 is 0 Å². The number of aryl methyl sites for hydroxylation is 1. The Morgan fingerprint density at radius 2 is 1.65 bits per heavy atom. The minimum Gasteiger partial charge on any atom is -0.252 e. The summed E-state index contributed by atoms with van der Waals surface area (Å²) < 4.78 is 1.09. The van der Waals surface area contributed by atoms with Crippen LogP contribution in [0.1, 0.15) is 5.69 Å². The predicted molar refractivity (Wildman–Crippen MR) is 78.9 cm³/mol. The number of pyridine rings is 1. The molecule has 1 heterocycles. The first kappa shape index (κ1) is 14.2. The zero-order chi connectivity index (χ0) is 14.7. The van der Waals surface area contributed by atoms with Crippen LogP contribution >= 0.6 is 15.9 Å². The Morgan fingerprint density at radius 1 is 1.05 bits per heavy atom. The predicted octanol–water partition coefficient (Wildman–Crippen LogP) is 4.00. The molecule has 0 bridgehead atoms. The van der Waals surface area contributed by atoms with Crippen molar-refractivity contribution in [3.8, 4) is 0 Å². The van der Waals surface area contributed by atoms with Gasteiger partial charge in [-0.15, -0.1) is 0 Å². The second-order valence-corrected chi connectivity index (χ2v) is 5.07. The average Bonchev–Trinajstić information content (AvgIpc) is 2.39. The first-order chi connectivity index (χ1) is 9.49. The Hall–Kier alpha value is -2.21. The molecule has 0 saturated carbocycles. The maximum absolute atomic E-state index is 8.47. The lowest BCUT2D eigenvalue weighted by Crippen LogP contribution is -1.87. The summed E-state index contributed by atoms with van der Waals surface area (Å²) in [6, 6.07) is 14.6. The molecule has 102 valence electrons. The standard InChI is InChI=1S/C14H10BrN.H2NO3/c1-9-11-4-2-3-5-12(11)13-8-10(15)6-7-14(13)16-9;2-1(3)4/h2-8H,1H3;(H2,2,3,4)/q;+1. The fraction of sp³-hybridized carbons (Fsp3) is 0.0714. The quantitative estimate of drug-likeness (QED) is 0.481. The molecule has 0 radical (unpaired) electrons. The Bertz CT molecular complexity index is 786. The van der Waals surface area contributed by atoms with E-state index >= 15 is 0 Å². The van der Waals surface area contributed by atoms with Crippen LogP contribution in [0.5, 0.6) is 0 Å². The number of rotatable bonds is 0. The summed E-state index contributed by atoms with van der Waals surface area (Å²) in [4.78, 5) is 13.1. The molecule has 3 rings (SSSR count). The van der Waals surface area contributed by atoms with E-state index in [4.69, 9.17) is 15.3 Å². The van der Waals surface area contributed by atoms with Crippen LogP contribution in [0.4, 0.5) is 0 Å². The highest BCUT2D eigenvalue weighted by Crippen LogP contribution is 2.28. The van der Waals surface area contributed by atoms with Crippen LogP contribution in [-0.2, 0) is 0 Å². The van der Waals surface area contributed by atoms with E-state index in [-0.39, 0.29) is 0 Å². The Balaban J connectivity index is 0.000000328. The summed E-state index contributed by atoms with van der Waals surface area (Å²) in [6.07, 6.45) is 0. The molecule has 20 heavy (non-hydrogen) atoms. The number of fused-ring (bicyclic) bond motifs is 3. The third-order valence-electron chi connectivity index (χ3n) is 2.85. The van der Waals surface area contributed by atoms with E-state index in [1.807, 2.05) is 6.07 Å². The fourth-order valence-electron chi connectivity index (χ4n) is 2.10. The largest absolute Gasteiger partial charge is 0.472 e. The normalized spacial score (nSPS) is 10.1. The molecule has 0 spiro atoms. The van der Waals surface area contributed by atoms with Crippen molar-refractivity contribution in [2.45, 2.75) is 6.92 Å². The Morgan fingerprint density at radius 3 is 2.30 bits per heavy atom. The monoisotopic (exact) mass is 335 g/mol. The number of benzene rings is 2. The molecule has 0 fully saturated rings. The second-order valence-electron chi connectivity index (χ2n) is 4.16. The summed E-state index contributed by atoms with van der Waals surface area (Å²) in [5.74, 6) is 0. The van der Waals surface area contributed by atoms with E-state index in [0.717, 1.165) is 15.7 Å². The number of nitrogens with zero attached hydrogens (tertiary/aromatic N) is 2. The van der Waals surface area contributed by atoms with Crippen LogP contribution in [0.2, 0.25) is 0 Å². The van der Waals surface area contributed by atoms with Gasteiger partial charge in [-0.05, 0) is 30.5 Å². The average molecular weight is 336 g/mol. The fourth-order valence-corrected chi connectivity index (χ4v) is 2.46. The van der Waals surface area contributed by atoms with Gasteiger partial charge in [0.25, 0.3) is 0 Å². The molecule has 0 amide bonds. The van der Waals surface area contributed by atoms with Gasteiger partial charge in [0.15, 0.2) is 0 Å². The molecule has 2 aromatic carbocycles. The minimum absolute atomic E-state index is 1.06. The highest BCUT2D eigenvalue weighted by Gasteiger charge is 2.04. The van der Waals surface area contributed by atoms with Gasteiger partial charge in [0.2, 0.25) is 0 Å². The topological polar surface area (TPSA) is 73.4 Å². The van der Waals surface area contributed by atoms with Gasteiger partial charge in [-0.1, -0.05) is 40.2 Å². The zero-order valence-electron chi connectivity index (χ0n) is 10.6. The van der Waals surface area contributed by atoms with Crippen molar-refractivity contribution in [3.05, 3.63) is 57.5 Å². The minimum atomic E-state index is -1.25. The van der Waals surface area contributed by atoms with Gasteiger partial charge in [0.1, 0.15) is 4.91 Å². The number of hydrogen-bond acceptors (Lipinski definition) is 2. The second kappa shape index (κ2) is 5.83.